The molecule has 0 radical (unpaired) electrons. The molecule has 1 aromatic carbocycles. The topological polar surface area (TPSA) is 9.23 Å². The molecule has 0 fully saturated rings. The van der Waals surface area contributed by atoms with E-state index in [1.807, 2.05) is 6.92 Å². The highest BCUT2D eigenvalue weighted by Gasteiger charge is 2.02. The summed E-state index contributed by atoms with van der Waals surface area (Å²) in [5.41, 5.74) is 0.985. The van der Waals surface area contributed by atoms with E-state index in [-0.39, 0.29) is 11.9 Å². The molecule has 0 bridgehead atoms. The molecule has 0 heterocycles. The molecule has 0 aliphatic rings. The minimum Gasteiger partial charge on any atom is -0.374 e. The van der Waals surface area contributed by atoms with Gasteiger partial charge in [-0.25, -0.2) is 4.39 Å². The third-order valence-electron chi connectivity index (χ3n) is 2.09. The van der Waals surface area contributed by atoms with Crippen LogP contribution in [-0.2, 0) is 11.3 Å². The van der Waals surface area contributed by atoms with Gasteiger partial charge in [-0.1, -0.05) is 13.0 Å². The average Bonchev–Trinajstić information content (AvgIpc) is 2.19. The van der Waals surface area contributed by atoms with Crippen molar-refractivity contribution in [2.75, 3.05) is 0 Å². The highest BCUT2D eigenvalue weighted by atomic mass is 79.9. The summed E-state index contributed by atoms with van der Waals surface area (Å²) in [6, 6.07) is 4.93. The predicted molar refractivity (Wildman–Crippen MR) is 58.6 cm³/mol. The summed E-state index contributed by atoms with van der Waals surface area (Å²) in [6.07, 6.45) is 1.24. The van der Waals surface area contributed by atoms with Gasteiger partial charge in [0, 0.05) is 0 Å². The number of hydrogen-bond acceptors (Lipinski definition) is 1. The first-order valence-electron chi connectivity index (χ1n) is 4.69. The third kappa shape index (κ3) is 3.39. The largest absolute Gasteiger partial charge is 0.374 e. The van der Waals surface area contributed by atoms with Gasteiger partial charge in [0.1, 0.15) is 5.82 Å². The Bertz CT molecular complexity index is 301. The second kappa shape index (κ2) is 5.47. The lowest BCUT2D eigenvalue weighted by molar-refractivity contribution is 0.0508. The Morgan fingerprint density at radius 1 is 1.50 bits per heavy atom. The molecule has 1 aromatic rings. The van der Waals surface area contributed by atoms with Gasteiger partial charge in [0.2, 0.25) is 0 Å². The number of rotatable bonds is 4. The molecule has 0 aliphatic heterocycles. The molecule has 1 unspecified atom stereocenters. The highest BCUT2D eigenvalue weighted by molar-refractivity contribution is 9.10. The Balaban J connectivity index is 2.55. The Morgan fingerprint density at radius 3 is 2.79 bits per heavy atom. The van der Waals surface area contributed by atoms with Crippen LogP contribution in [0.1, 0.15) is 25.8 Å². The predicted octanol–water partition coefficient (Wildman–Crippen LogP) is 3.90. The summed E-state index contributed by atoms with van der Waals surface area (Å²) in [4.78, 5) is 0. The van der Waals surface area contributed by atoms with E-state index < -0.39 is 0 Å². The van der Waals surface area contributed by atoms with E-state index in [4.69, 9.17) is 4.74 Å². The number of halogens is 2. The molecule has 0 saturated carbocycles. The molecule has 0 amide bonds. The van der Waals surface area contributed by atoms with Crippen LogP contribution in [0, 0.1) is 5.82 Å². The van der Waals surface area contributed by atoms with Gasteiger partial charge in [-0.2, -0.15) is 0 Å². The molecule has 0 spiro atoms. The Labute approximate surface area is 92.4 Å². The Kier molecular flexibility index (Phi) is 4.55. The van der Waals surface area contributed by atoms with Crippen molar-refractivity contribution in [1.82, 2.24) is 0 Å². The lowest BCUT2D eigenvalue weighted by Crippen LogP contribution is -2.06. The minimum atomic E-state index is -0.239. The van der Waals surface area contributed by atoms with Gasteiger partial charge in [-0.3, -0.25) is 0 Å². The Morgan fingerprint density at radius 2 is 2.21 bits per heavy atom. The van der Waals surface area contributed by atoms with E-state index in [0.717, 1.165) is 12.0 Å². The van der Waals surface area contributed by atoms with E-state index in [0.29, 0.717) is 11.1 Å². The molecular formula is C11H14BrFO. The molecule has 1 rings (SSSR count). The monoisotopic (exact) mass is 260 g/mol. The van der Waals surface area contributed by atoms with E-state index in [9.17, 15) is 4.39 Å². The zero-order chi connectivity index (χ0) is 10.6. The Hall–Kier alpha value is -0.410. The molecule has 0 N–H and O–H groups in total. The molecule has 3 heteroatoms. The molecule has 0 aliphatic carbocycles. The normalized spacial score (nSPS) is 12.9. The zero-order valence-corrected chi connectivity index (χ0v) is 9.97. The van der Waals surface area contributed by atoms with Crippen LogP contribution in [0.4, 0.5) is 4.39 Å². The summed E-state index contributed by atoms with van der Waals surface area (Å²) in [6.45, 7) is 4.64. The van der Waals surface area contributed by atoms with Gasteiger partial charge in [-0.05, 0) is 47.0 Å². The van der Waals surface area contributed by atoms with Crippen molar-refractivity contribution in [2.24, 2.45) is 0 Å². The van der Waals surface area contributed by atoms with Gasteiger partial charge in [-0.15, -0.1) is 0 Å². The summed E-state index contributed by atoms with van der Waals surface area (Å²) in [5.74, 6) is -0.239. The molecular weight excluding hydrogens is 247 g/mol. The highest BCUT2D eigenvalue weighted by Crippen LogP contribution is 2.17. The van der Waals surface area contributed by atoms with Crippen LogP contribution in [-0.4, -0.2) is 6.10 Å². The van der Waals surface area contributed by atoms with Crippen molar-refractivity contribution < 1.29 is 9.13 Å². The fourth-order valence-electron chi connectivity index (χ4n) is 0.986. The summed E-state index contributed by atoms with van der Waals surface area (Å²) < 4.78 is 18.9. The van der Waals surface area contributed by atoms with Gasteiger partial charge in [0.15, 0.2) is 0 Å². The zero-order valence-electron chi connectivity index (χ0n) is 8.39. The van der Waals surface area contributed by atoms with Crippen LogP contribution in [0.2, 0.25) is 0 Å². The van der Waals surface area contributed by atoms with Crippen molar-refractivity contribution in [1.29, 1.82) is 0 Å². The van der Waals surface area contributed by atoms with E-state index >= 15 is 0 Å². The van der Waals surface area contributed by atoms with Crippen molar-refractivity contribution in [2.45, 2.75) is 33.0 Å². The smallest absolute Gasteiger partial charge is 0.137 e. The standard InChI is InChI=1S/C11H14BrFO/c1-3-8(2)14-7-9-4-5-11(13)10(12)6-9/h4-6,8H,3,7H2,1-2H3. The van der Waals surface area contributed by atoms with Crippen LogP contribution in [0.25, 0.3) is 0 Å². The van der Waals surface area contributed by atoms with Crippen LogP contribution in [0.5, 0.6) is 0 Å². The molecule has 0 aromatic heterocycles. The molecule has 0 saturated heterocycles. The third-order valence-corrected chi connectivity index (χ3v) is 2.70. The lowest BCUT2D eigenvalue weighted by atomic mass is 10.2. The van der Waals surface area contributed by atoms with Crippen LogP contribution >= 0.6 is 15.9 Å². The minimum absolute atomic E-state index is 0.239. The molecule has 78 valence electrons. The van der Waals surface area contributed by atoms with Gasteiger partial charge in [0.05, 0.1) is 17.2 Å². The summed E-state index contributed by atoms with van der Waals surface area (Å²) in [5, 5.41) is 0. The SMILES string of the molecule is CCC(C)OCc1ccc(F)c(Br)c1. The van der Waals surface area contributed by atoms with Crippen LogP contribution < -0.4 is 0 Å². The second-order valence-corrected chi connectivity index (χ2v) is 4.13. The summed E-state index contributed by atoms with van der Waals surface area (Å²) >= 11 is 3.14. The first-order valence-corrected chi connectivity index (χ1v) is 5.48. The van der Waals surface area contributed by atoms with E-state index in [1.165, 1.54) is 6.07 Å². The van der Waals surface area contributed by atoms with Crippen LogP contribution in [0.15, 0.2) is 22.7 Å². The van der Waals surface area contributed by atoms with Crippen molar-refractivity contribution in [3.05, 3.63) is 34.1 Å². The molecule has 14 heavy (non-hydrogen) atoms. The maximum atomic E-state index is 12.9. The van der Waals surface area contributed by atoms with Crippen molar-refractivity contribution >= 4 is 15.9 Å². The fraction of sp³-hybridized carbons (Fsp3) is 0.455. The second-order valence-electron chi connectivity index (χ2n) is 3.28. The molecule has 1 atom stereocenters. The van der Waals surface area contributed by atoms with E-state index in [2.05, 4.69) is 22.9 Å². The van der Waals surface area contributed by atoms with Gasteiger partial charge < -0.3 is 4.74 Å². The van der Waals surface area contributed by atoms with Gasteiger partial charge >= 0.3 is 0 Å². The number of benzene rings is 1. The maximum absolute atomic E-state index is 12.9. The molecule has 1 nitrogen and oxygen atoms in total. The van der Waals surface area contributed by atoms with Gasteiger partial charge in [0.25, 0.3) is 0 Å². The van der Waals surface area contributed by atoms with Crippen LogP contribution in [0.3, 0.4) is 0 Å². The number of hydrogen-bond donors (Lipinski definition) is 0. The first-order chi connectivity index (χ1) is 6.63. The quantitative estimate of drug-likeness (QED) is 0.798. The fourth-order valence-corrected chi connectivity index (χ4v) is 1.41. The van der Waals surface area contributed by atoms with E-state index in [1.54, 1.807) is 12.1 Å². The maximum Gasteiger partial charge on any atom is 0.137 e. The van der Waals surface area contributed by atoms with Crippen molar-refractivity contribution in [3.8, 4) is 0 Å². The summed E-state index contributed by atoms with van der Waals surface area (Å²) in [7, 11) is 0. The lowest BCUT2D eigenvalue weighted by Gasteiger charge is -2.10. The number of ether oxygens (including phenoxy) is 1. The average molecular weight is 261 g/mol. The van der Waals surface area contributed by atoms with Crippen molar-refractivity contribution in [3.63, 3.8) is 0 Å². The first kappa shape index (κ1) is 11.7.